The number of amides is 1. The molecular formula is C43H594N4O6. The van der Waals surface area contributed by atoms with E-state index in [2.05, 4.69) is 53.4 Å². The van der Waals surface area contributed by atoms with Gasteiger partial charge in [0, 0.05) is 430 Å². The number of ether oxygens (including phenoxy) is 3. The van der Waals surface area contributed by atoms with Gasteiger partial charge >= 0.3 is 12.1 Å². The fraction of sp³-hybridized carbons (Fsp3) is 0.628. The summed E-state index contributed by atoms with van der Waals surface area (Å²) in [5.41, 5.74) is 3.67. The van der Waals surface area contributed by atoms with Crippen LogP contribution in [-0.2, 0) is 19.9 Å². The molecule has 4 aliphatic heterocycles. The van der Waals surface area contributed by atoms with Gasteiger partial charge in [0.05, 0.1) is 28.5 Å². The molecule has 10 heteroatoms. The molecule has 0 spiro atoms. The highest BCUT2D eigenvalue weighted by Gasteiger charge is 2.53. The molecule has 0 N–H and O–H groups in total. The van der Waals surface area contributed by atoms with E-state index in [1.807, 2.05) is 49.9 Å². The zero-order valence-electron chi connectivity index (χ0n) is 33.7. The van der Waals surface area contributed by atoms with Gasteiger partial charge in [-0.2, -0.15) is 0 Å². The summed E-state index contributed by atoms with van der Waals surface area (Å²) >= 11 is 0. The third kappa shape index (κ3) is 5.56. The van der Waals surface area contributed by atoms with Gasteiger partial charge < -0.3 is 19.1 Å². The van der Waals surface area contributed by atoms with E-state index in [1.165, 1.54) is 26.4 Å². The molecule has 0 saturated carbocycles. The normalized spacial score (nSPS) is 29.6. The van der Waals surface area contributed by atoms with Gasteiger partial charge in [-0.1, -0.05) is 41.0 Å². The molecule has 7 atom stereocenters. The minimum absolute atomic E-state index is 0. The molecule has 6 unspecified atom stereocenters. The molecule has 0 radical (unpaired) electrons. The number of hydrogen-bond acceptors (Lipinski definition) is 8. The third-order valence-corrected chi connectivity index (χ3v) is 13.4. The standard InChI is InChI=1S/C43H58N4O6.268H2/c1-22(2)35-30-20-29(53-41(50)46-24(5)19-33(25(6)26(46)7)45-18-14-13-17-42(45,10)11)15-16-32(30)44-38-34-21-31-37(39(48)47(34)27(8)36(35)38)28(9)52-40(49)43(31,51-12)23(3)4;;;;;;;;;;;;;;;;;;;;;;;;;;;;;;;;;;;;;;;;;;;;;;;;;;;;;;;;;;;;;;;;;;;;;;;;;;;;;;;;;;;;;;;;;;;;;;;;;;;;;;;;;;;;;;;;;;;;;;;;;;;;;;;;;;;;;;;;;;;;;;;;;;;;;;;;;;;;;;;;;;;;;;;;;;;;;;;;;;;;;;;;;;;;;;;;;;;;;;;;;;;;;;;;;;;;;;;;;;;;;;;;;;;;;;;;;;;;;;;;;;;;;;;;;;;;;;;;;;;;;;;;;;;;/h15-16,20-28,33H,13-14,17-19H2,1-12H3;268*1H/t24?,25?,26?,27?,28?,33?,43-;;;;;;;;;;;;;;;;;;;;;;;;;;;;;;;;;;;;;;;;;;;;;;;;;;;;;;;;;;;;;;;;;;;;;;;;;;;;;;;;;;;;;;;;;;;;;;;;;;;;;;;;;;;;;;;;;;;;;;;;;;;;;;;;;;;;;;;;;;;;;;;;;;;;;;;;;;;;;;;;;;;;;;;;;;;;;;;;;;;;;;;;;;;;;;;;;;;;;;;;;;;;;;;;;;;;;;;;;;;;;;;;;;;;;;;;;;;;;;;;;;;;;;;;;;;;;;;;;;;;;;;;;;;;/m0............................................................................................................................................................................................................................................................................/s1. The van der Waals surface area contributed by atoms with Crippen molar-refractivity contribution in [1.29, 1.82) is 0 Å². The van der Waals surface area contributed by atoms with Crippen LogP contribution < -0.4 is 10.3 Å². The second-order valence-electron chi connectivity index (χ2n) is 17.5. The first kappa shape index (κ1) is 37.6. The zero-order chi connectivity index (χ0) is 38.5. The number of pyridine rings is 2. The third-order valence-electron chi connectivity index (χ3n) is 13.4. The predicted molar refractivity (Wildman–Crippen MR) is 773 cm³/mol. The summed E-state index contributed by atoms with van der Waals surface area (Å²) in [7, 11) is 1.50. The van der Waals surface area contributed by atoms with E-state index >= 15 is 0 Å². The summed E-state index contributed by atoms with van der Waals surface area (Å²) in [5.74, 6) is 0.0618. The van der Waals surface area contributed by atoms with Crippen molar-refractivity contribution >= 4 is 23.0 Å². The van der Waals surface area contributed by atoms with E-state index in [1.54, 1.807) is 11.5 Å². The van der Waals surface area contributed by atoms with Gasteiger partial charge in [-0.3, -0.25) is 14.3 Å². The number of benzene rings is 1. The number of aromatic nitrogens is 2. The lowest BCUT2D eigenvalue weighted by atomic mass is 9.78. The summed E-state index contributed by atoms with van der Waals surface area (Å²) in [4.78, 5) is 51.8. The Bertz CT molecular complexity index is 2240. The van der Waals surface area contributed by atoms with E-state index in [9.17, 15) is 14.4 Å². The molecule has 10 nitrogen and oxygen atoms in total. The van der Waals surface area contributed by atoms with Gasteiger partial charge in [-0.15, -0.1) is 0 Å². The number of hydrogen-bond donors (Lipinski definition) is 0. The molecule has 1 amide bonds. The summed E-state index contributed by atoms with van der Waals surface area (Å²) < 4.78 is 19.7. The quantitative estimate of drug-likeness (QED) is 0.233. The van der Waals surface area contributed by atoms with Gasteiger partial charge in [-0.25, -0.2) is 14.6 Å². The Morgan fingerprint density at radius 2 is 1.74 bits per heavy atom. The lowest BCUT2D eigenvalue weighted by molar-refractivity contribution is -0.187. The van der Waals surface area contributed by atoms with Gasteiger partial charge in [-0.05, 0) is 115 Å². The van der Waals surface area contributed by atoms with Crippen molar-refractivity contribution < 1.29 is 406 Å². The van der Waals surface area contributed by atoms with Crippen molar-refractivity contribution in [2.45, 2.75) is 149 Å². The van der Waals surface area contributed by atoms with Crippen LogP contribution in [0, 0.1) is 11.8 Å². The van der Waals surface area contributed by atoms with Crippen molar-refractivity contribution in [2.75, 3.05) is 13.7 Å². The maximum atomic E-state index is 14.5. The second kappa shape index (κ2) is 13.2. The van der Waals surface area contributed by atoms with Gasteiger partial charge in [0.1, 0.15) is 11.9 Å². The van der Waals surface area contributed by atoms with E-state index in [0.717, 1.165) is 40.7 Å². The topological polar surface area (TPSA) is 103 Å². The molecule has 822 valence electrons. The summed E-state index contributed by atoms with van der Waals surface area (Å²) in [5, 5.41) is 0.891. The number of nitrogens with zero attached hydrogens (tertiary/aromatic N) is 4. The molecule has 6 heterocycles. The van der Waals surface area contributed by atoms with Crippen LogP contribution in [0.1, 0.15) is 525 Å². The predicted octanol–water partition coefficient (Wildman–Crippen LogP) is 74.4. The molecule has 0 aliphatic carbocycles. The largest absolute Gasteiger partial charge is 0.455 e. The first-order valence-electron chi connectivity index (χ1n) is 19.8. The monoisotopic (exact) mass is 1270 g/mol. The van der Waals surface area contributed by atoms with E-state index < -0.39 is 17.7 Å². The van der Waals surface area contributed by atoms with Crippen molar-refractivity contribution in [3.63, 3.8) is 0 Å². The van der Waals surface area contributed by atoms with Crippen LogP contribution in [-0.4, -0.2) is 68.7 Å². The molecule has 0 bridgehead atoms. The van der Waals surface area contributed by atoms with Crippen LogP contribution in [0.25, 0.3) is 22.3 Å². The van der Waals surface area contributed by atoms with Crippen molar-refractivity contribution in [3.8, 4) is 17.1 Å². The van der Waals surface area contributed by atoms with E-state index in [4.69, 9.17) is 19.2 Å². The first-order valence-corrected chi connectivity index (χ1v) is 19.8. The number of piperidine rings is 2. The van der Waals surface area contributed by atoms with E-state index in [-0.39, 0.29) is 429 Å². The Hall–Kier alpha value is -3.76. The van der Waals surface area contributed by atoms with E-state index in [0.29, 0.717) is 34.5 Å². The number of methoxy groups -OCH3 is 1. The van der Waals surface area contributed by atoms with Crippen LogP contribution >= 0.6 is 0 Å². The molecule has 2 aromatic heterocycles. The fourth-order valence-corrected chi connectivity index (χ4v) is 10.5. The number of rotatable bonds is 5. The smallest absolute Gasteiger partial charge is 0.415 e. The molecule has 2 fully saturated rings. The molecule has 3 aromatic rings. The van der Waals surface area contributed by atoms with Gasteiger partial charge in [0.15, 0.2) is 5.60 Å². The van der Waals surface area contributed by atoms with Crippen molar-refractivity contribution in [2.24, 2.45) is 11.8 Å². The fourth-order valence-electron chi connectivity index (χ4n) is 10.5. The summed E-state index contributed by atoms with van der Waals surface area (Å²) in [6, 6.07) is 7.73. The highest BCUT2D eigenvalue weighted by Crippen LogP contribution is 2.49. The van der Waals surface area contributed by atoms with Crippen LogP contribution in [0.3, 0.4) is 0 Å². The average Bonchev–Trinajstić information content (AvgIpc) is 3.36. The van der Waals surface area contributed by atoms with Crippen LogP contribution in [0.5, 0.6) is 5.75 Å². The van der Waals surface area contributed by atoms with Crippen LogP contribution in [0.4, 0.5) is 4.79 Å². The average molecular weight is 1270 g/mol. The summed E-state index contributed by atoms with van der Waals surface area (Å²) in [6.45, 7) is 24.3. The Morgan fingerprint density at radius 1 is 1.02 bits per heavy atom. The SMILES string of the molecule is CO[C@]1(C(C)C)C(=O)OC(C)c2c1cc1n(c2=O)C(C)c2c-1nc1ccc(OC(=O)N3C(C)CC(N4CCCCC4(C)C)C(C)C3C)cc1c2C(C)C.[HH].[HH].[HH].[HH].[HH].[HH].[HH].[HH].[HH].[HH].[HH].[HH].[HH].[HH].[HH].[HH].[HH].[HH].[HH].[HH].[HH].[HH].[HH].[HH].[HH].[HH].[HH].[HH].[HH].[HH].[HH].[HH].[HH].[HH].[HH].[HH].[HH].[HH].[HH].[HH].[HH].[HH].[HH].[HH].[HH].[HH].[HH].[HH].[HH].[HH].[HH].[HH].[HH].[HH].[HH].[HH].[HH].[HH].[HH].[HH].[HH].[HH].[HH].[HH].[HH].[HH].[HH].[HH].[HH].[HH].[HH].[HH].[HH].[HH].[HH].[HH].[HH].[HH].[HH].[HH].[HH].[HH].[HH].[HH].[HH].[HH].[HH].[HH].[HH].[HH].[HH].[HH].[HH].[HH].[HH].[HH].[HH].[HH].[HH].[HH].[HH].[HH].[HH].[HH].[HH].[HH].[HH].[HH].[HH].[HH].[HH].[HH].[HH].[HH].[HH].[HH].[HH].[HH].[HH].[HH].[HH].[HH].[HH].[HH].[HH].[HH].[HH].[HH].[HH].[HH].[HH].[HH].[HH].[HH].[HH].[HH].[HH].[HH].[HH].[HH].[HH].[HH].[HH].[HH].[HH].[HH].[HH].[HH].[HH].[HH].[HH].[HH].[HH].[HH].[HH].[HH].[HH].[HH].[HH].[HH].[HH].[HH].[HH].[HH].[HH].[HH].[HH].[HH].[HH].[HH].[HH].[HH].[HH].[HH].[HH].[HH].[HH].[HH].[HH].[HH].[HH].[HH].[HH].[HH].[HH].[HH].[HH].[HH].[HH].[HH].[HH].[HH].[HH].[HH].[HH].[HH].[HH].[HH].[HH].[HH].[HH].[HH].[HH].[HH].[HH].[HH].[HH].[HH].[HH].[HH].[HH].[HH].[HH].[HH].[HH].[HH].[HH].[HH].[HH].[HH].[HH].[HH].[HH].[HH].[HH].[HH].[HH].[HH].[HH].[HH].[HH].[HH].[HH].[HH].[HH].[HH].[HH].[HH].[HH].[HH].[HH].[HH].[HH].[HH].[HH].[HH].[HH].[HH].[HH].[HH].[HH].[HH].[HH].[HH].[HH].[HH].[HH].[HH].[HH].[HH].[HH].[HH].[HH].[HH].[HH].[HH].[HH].[HH]. The van der Waals surface area contributed by atoms with Crippen LogP contribution in [0.2, 0.25) is 0 Å². The van der Waals surface area contributed by atoms with Gasteiger partial charge in [0.2, 0.25) is 0 Å². The highest BCUT2D eigenvalue weighted by atomic mass is 16.6. The zero-order valence-corrected chi connectivity index (χ0v) is 33.7. The summed E-state index contributed by atoms with van der Waals surface area (Å²) in [6.07, 6.45) is 3.57. The maximum absolute atomic E-state index is 14.5. The Morgan fingerprint density at radius 3 is 2.38 bits per heavy atom. The maximum Gasteiger partial charge on any atom is 0.415 e. The first-order chi connectivity index (χ1) is 25.0. The molecular weight excluding hydrogens is 668 g/mol. The molecule has 1 aromatic carbocycles. The number of cyclic esters (lactones) is 1. The number of fused-ring (bicyclic) bond motifs is 5. The highest BCUT2D eigenvalue weighted by molar-refractivity contribution is 5.91. The lowest BCUT2D eigenvalue weighted by Crippen LogP contribution is -2.64. The van der Waals surface area contributed by atoms with Crippen molar-refractivity contribution in [3.05, 3.63) is 56.9 Å². The van der Waals surface area contributed by atoms with Gasteiger partial charge in [0.25, 0.3) is 5.56 Å². The lowest BCUT2D eigenvalue weighted by Gasteiger charge is -2.55. The molecule has 53 heavy (non-hydrogen) atoms. The Labute approximate surface area is 712 Å². The number of carbonyl (C=O) groups is 2. The van der Waals surface area contributed by atoms with Crippen LogP contribution in [0.15, 0.2) is 29.1 Å². The molecule has 4 aliphatic rings. The second-order valence-corrected chi connectivity index (χ2v) is 17.5. The minimum atomic E-state index is -1.41. The Balaban J connectivity index is -0.000000000500. The number of esters is 1. The minimum Gasteiger partial charge on any atom is -0.455 e. The molecule has 2 saturated heterocycles. The van der Waals surface area contributed by atoms with Crippen molar-refractivity contribution in [1.82, 2.24) is 19.4 Å². The molecule has 7 rings (SSSR count). The Kier molecular flexibility index (Phi) is 9.37. The number of carbonyl (C=O) groups excluding carboxylic acids is 2. The number of likely N-dealkylation sites (tertiary alicyclic amines) is 2.